The normalized spacial score (nSPS) is 11.0. The number of fused-ring (bicyclic) bond motifs is 1. The van der Waals surface area contributed by atoms with Crippen LogP contribution >= 0.6 is 0 Å². The largest absolute Gasteiger partial charge is 0.206 e. The van der Waals surface area contributed by atoms with Gasteiger partial charge in [0.2, 0.25) is 0 Å². The maximum atomic E-state index is 13.1. The van der Waals surface area contributed by atoms with E-state index in [0.29, 0.717) is 6.07 Å². The van der Waals surface area contributed by atoms with Crippen LogP contribution in [-0.2, 0) is 0 Å². The highest BCUT2D eigenvalue weighted by Gasteiger charge is 2.18. The Hall–Kier alpha value is -1.65. The molecule has 0 saturated carbocycles. The molecule has 0 aliphatic heterocycles. The lowest BCUT2D eigenvalue weighted by molar-refractivity contribution is 0.486. The van der Waals surface area contributed by atoms with Gasteiger partial charge in [-0.2, -0.15) is 0 Å². The summed E-state index contributed by atoms with van der Waals surface area (Å²) in [4.78, 5) is 0. The van der Waals surface area contributed by atoms with Crippen molar-refractivity contribution in [3.05, 3.63) is 47.3 Å². The predicted molar refractivity (Wildman–Crippen MR) is 43.7 cm³/mol. The molecule has 0 heterocycles. The van der Waals surface area contributed by atoms with E-state index in [-0.39, 0.29) is 6.07 Å². The van der Waals surface area contributed by atoms with Gasteiger partial charge in [-0.25, -0.2) is 22.0 Å². The lowest BCUT2D eigenvalue weighted by atomic mass is 10.1. The molecule has 2 aromatic carbocycles. The molecule has 0 bridgehead atoms. The van der Waals surface area contributed by atoms with Crippen LogP contribution in [0.25, 0.3) is 10.8 Å². The summed E-state index contributed by atoms with van der Waals surface area (Å²) >= 11 is 0. The topological polar surface area (TPSA) is 0 Å². The van der Waals surface area contributed by atoms with Crippen LogP contribution in [0.3, 0.4) is 0 Å². The van der Waals surface area contributed by atoms with Crippen LogP contribution in [0.2, 0.25) is 0 Å². The van der Waals surface area contributed by atoms with Crippen molar-refractivity contribution >= 4 is 10.8 Å². The van der Waals surface area contributed by atoms with E-state index in [4.69, 9.17) is 0 Å². The van der Waals surface area contributed by atoms with Crippen LogP contribution in [-0.4, -0.2) is 0 Å². The molecule has 15 heavy (non-hydrogen) atoms. The summed E-state index contributed by atoms with van der Waals surface area (Å²) < 4.78 is 64.6. The summed E-state index contributed by atoms with van der Waals surface area (Å²) in [7, 11) is 0. The summed E-state index contributed by atoms with van der Waals surface area (Å²) in [6.07, 6.45) is 0. The van der Waals surface area contributed by atoms with E-state index in [0.717, 1.165) is 6.07 Å². The molecule has 0 unspecified atom stereocenters. The summed E-state index contributed by atoms with van der Waals surface area (Å²) in [6, 6.07) is 1.79. The van der Waals surface area contributed by atoms with E-state index in [9.17, 15) is 22.0 Å². The standard InChI is InChI=1S/C10H3F5/c11-5-2-1-4-6(12)3-7(13)10(15)8(4)9(5)14/h1-3H. The van der Waals surface area contributed by atoms with Gasteiger partial charge in [-0.05, 0) is 12.1 Å². The Bertz CT molecular complexity index is 539. The van der Waals surface area contributed by atoms with E-state index in [2.05, 4.69) is 0 Å². The van der Waals surface area contributed by atoms with Gasteiger partial charge < -0.3 is 0 Å². The van der Waals surface area contributed by atoms with Crippen molar-refractivity contribution in [2.75, 3.05) is 0 Å². The highest BCUT2D eigenvalue weighted by atomic mass is 19.2. The van der Waals surface area contributed by atoms with Crippen LogP contribution < -0.4 is 0 Å². The molecular formula is C10H3F5. The first-order valence-corrected chi connectivity index (χ1v) is 3.93. The first-order chi connectivity index (χ1) is 7.02. The Morgan fingerprint density at radius 1 is 0.667 bits per heavy atom. The molecule has 0 amide bonds. The zero-order chi connectivity index (χ0) is 11.2. The number of benzene rings is 2. The van der Waals surface area contributed by atoms with Crippen LogP contribution in [0, 0.1) is 29.1 Å². The second kappa shape index (κ2) is 3.18. The maximum absolute atomic E-state index is 13.1. The second-order valence-corrected chi connectivity index (χ2v) is 2.94. The molecule has 0 saturated heterocycles. The van der Waals surface area contributed by atoms with E-state index < -0.39 is 39.9 Å². The lowest BCUT2D eigenvalue weighted by Gasteiger charge is -2.04. The fraction of sp³-hybridized carbons (Fsp3) is 0. The number of halogens is 5. The molecule has 78 valence electrons. The van der Waals surface area contributed by atoms with Crippen molar-refractivity contribution in [1.82, 2.24) is 0 Å². The Kier molecular flexibility index (Phi) is 2.10. The van der Waals surface area contributed by atoms with Crippen molar-refractivity contribution in [2.45, 2.75) is 0 Å². The van der Waals surface area contributed by atoms with E-state index in [1.54, 1.807) is 0 Å². The Morgan fingerprint density at radius 3 is 1.93 bits per heavy atom. The number of hydrogen-bond donors (Lipinski definition) is 0. The smallest absolute Gasteiger partial charge is 0.169 e. The first-order valence-electron chi connectivity index (χ1n) is 3.93. The van der Waals surface area contributed by atoms with Gasteiger partial charge in [-0.15, -0.1) is 0 Å². The first kappa shape index (κ1) is 9.89. The molecule has 0 fully saturated rings. The zero-order valence-corrected chi connectivity index (χ0v) is 7.12. The van der Waals surface area contributed by atoms with Gasteiger partial charge in [-0.1, -0.05) is 0 Å². The Morgan fingerprint density at radius 2 is 1.27 bits per heavy atom. The molecular weight excluding hydrogens is 215 g/mol. The summed E-state index contributed by atoms with van der Waals surface area (Å²) in [5.41, 5.74) is 0. The second-order valence-electron chi connectivity index (χ2n) is 2.94. The van der Waals surface area contributed by atoms with Crippen molar-refractivity contribution < 1.29 is 22.0 Å². The average Bonchev–Trinajstić information content (AvgIpc) is 2.19. The van der Waals surface area contributed by atoms with Gasteiger partial charge in [0.25, 0.3) is 0 Å². The molecule has 2 rings (SSSR count). The molecule has 0 N–H and O–H groups in total. The van der Waals surface area contributed by atoms with Crippen molar-refractivity contribution in [2.24, 2.45) is 0 Å². The third-order valence-electron chi connectivity index (χ3n) is 2.03. The minimum absolute atomic E-state index is 0.287. The third kappa shape index (κ3) is 1.35. The fourth-order valence-electron chi connectivity index (χ4n) is 1.34. The third-order valence-corrected chi connectivity index (χ3v) is 2.03. The predicted octanol–water partition coefficient (Wildman–Crippen LogP) is 3.54. The summed E-state index contributed by atoms with van der Waals surface area (Å²) in [5.74, 6) is -7.23. The summed E-state index contributed by atoms with van der Waals surface area (Å²) in [6.45, 7) is 0. The highest BCUT2D eigenvalue weighted by Crippen LogP contribution is 2.27. The molecule has 0 atom stereocenters. The van der Waals surface area contributed by atoms with E-state index >= 15 is 0 Å². The lowest BCUT2D eigenvalue weighted by Crippen LogP contribution is -1.95. The molecule has 0 nitrogen and oxygen atoms in total. The molecule has 0 radical (unpaired) electrons. The van der Waals surface area contributed by atoms with Crippen molar-refractivity contribution in [3.63, 3.8) is 0 Å². The quantitative estimate of drug-likeness (QED) is 0.468. The molecule has 5 heteroatoms. The van der Waals surface area contributed by atoms with Crippen molar-refractivity contribution in [1.29, 1.82) is 0 Å². The summed E-state index contributed by atoms with van der Waals surface area (Å²) in [5, 5.41) is -1.50. The molecule has 0 aliphatic carbocycles. The van der Waals surface area contributed by atoms with Crippen molar-refractivity contribution in [3.8, 4) is 0 Å². The van der Waals surface area contributed by atoms with Crippen LogP contribution in [0.5, 0.6) is 0 Å². The van der Waals surface area contributed by atoms with Gasteiger partial charge in [0, 0.05) is 11.5 Å². The van der Waals surface area contributed by atoms with Crippen LogP contribution in [0.15, 0.2) is 18.2 Å². The molecule has 0 aliphatic rings. The highest BCUT2D eigenvalue weighted by molar-refractivity contribution is 5.84. The molecule has 2 aromatic rings. The SMILES string of the molecule is Fc1ccc2c(F)cc(F)c(F)c2c1F. The van der Waals surface area contributed by atoms with E-state index in [1.165, 1.54) is 0 Å². The monoisotopic (exact) mass is 218 g/mol. The fourth-order valence-corrected chi connectivity index (χ4v) is 1.34. The van der Waals surface area contributed by atoms with Gasteiger partial charge in [0.05, 0.1) is 5.39 Å². The Balaban J connectivity index is 3.04. The molecule has 0 spiro atoms. The van der Waals surface area contributed by atoms with Crippen LogP contribution in [0.1, 0.15) is 0 Å². The van der Waals surface area contributed by atoms with Gasteiger partial charge in [0.15, 0.2) is 23.3 Å². The molecule has 0 aromatic heterocycles. The minimum atomic E-state index is -1.59. The Labute approximate surface area is 80.9 Å². The van der Waals surface area contributed by atoms with Gasteiger partial charge in [-0.3, -0.25) is 0 Å². The zero-order valence-electron chi connectivity index (χ0n) is 7.12. The minimum Gasteiger partial charge on any atom is -0.206 e. The van der Waals surface area contributed by atoms with Gasteiger partial charge >= 0.3 is 0 Å². The maximum Gasteiger partial charge on any atom is 0.169 e. The number of rotatable bonds is 0. The van der Waals surface area contributed by atoms with Crippen LogP contribution in [0.4, 0.5) is 22.0 Å². The van der Waals surface area contributed by atoms with Gasteiger partial charge in [0.1, 0.15) is 5.82 Å². The van der Waals surface area contributed by atoms with E-state index in [1.807, 2.05) is 0 Å². The number of hydrogen-bond acceptors (Lipinski definition) is 0. The average molecular weight is 218 g/mol.